The third kappa shape index (κ3) is 14.1. The van der Waals surface area contributed by atoms with Gasteiger partial charge in [0.25, 0.3) is 0 Å². The van der Waals surface area contributed by atoms with E-state index in [2.05, 4.69) is 41.5 Å². The standard InChI is InChI=1S/C10H22O.K/c1-9(2,3)7-11-8-10(4,5)6;/h7-8H2,1-6H3;. The molecule has 0 unspecified atom stereocenters. The summed E-state index contributed by atoms with van der Waals surface area (Å²) in [4.78, 5) is 0. The van der Waals surface area contributed by atoms with Crippen LogP contribution in [-0.2, 0) is 4.74 Å². The van der Waals surface area contributed by atoms with Crippen molar-refractivity contribution in [3.63, 3.8) is 0 Å². The Morgan fingerprint density at radius 2 is 1.00 bits per heavy atom. The average molecular weight is 197 g/mol. The molecule has 2 heteroatoms. The molecule has 0 N–H and O–H groups in total. The first-order chi connectivity index (χ1) is 4.71. The first kappa shape index (κ1) is 16.0. The Balaban J connectivity index is 0. The summed E-state index contributed by atoms with van der Waals surface area (Å²) >= 11 is 0. The Bertz CT molecular complexity index is 94.0. The van der Waals surface area contributed by atoms with Crippen LogP contribution in [0.25, 0.3) is 0 Å². The summed E-state index contributed by atoms with van der Waals surface area (Å²) in [5.41, 5.74) is 0.594. The average Bonchev–Trinajstić information content (AvgIpc) is 1.55. The Kier molecular flexibility index (Phi) is 8.22. The zero-order chi connectivity index (χ0) is 9.12. The molecule has 0 spiro atoms. The van der Waals surface area contributed by atoms with Crippen LogP contribution in [0.5, 0.6) is 0 Å². The summed E-state index contributed by atoms with van der Waals surface area (Å²) in [6, 6.07) is 0. The third-order valence-electron chi connectivity index (χ3n) is 1.07. The van der Waals surface area contributed by atoms with E-state index >= 15 is 0 Å². The minimum absolute atomic E-state index is 0. The summed E-state index contributed by atoms with van der Waals surface area (Å²) < 4.78 is 5.56. The van der Waals surface area contributed by atoms with Crippen LogP contribution >= 0.6 is 0 Å². The molecule has 1 nitrogen and oxygen atoms in total. The van der Waals surface area contributed by atoms with Crippen molar-refractivity contribution in [1.29, 1.82) is 0 Å². The van der Waals surface area contributed by atoms with Gasteiger partial charge >= 0.3 is 0 Å². The van der Waals surface area contributed by atoms with Crippen molar-refractivity contribution in [2.45, 2.75) is 41.5 Å². The molecular weight excluding hydrogens is 175 g/mol. The summed E-state index contributed by atoms with van der Waals surface area (Å²) in [6.07, 6.45) is 0. The molecule has 0 saturated carbocycles. The second-order valence-electron chi connectivity index (χ2n) is 5.61. The van der Waals surface area contributed by atoms with Crippen molar-refractivity contribution in [3.05, 3.63) is 0 Å². The zero-order valence-electron chi connectivity index (χ0n) is 9.82. The Hall–Kier alpha value is 1.60. The van der Waals surface area contributed by atoms with Crippen molar-refractivity contribution in [2.24, 2.45) is 10.8 Å². The largest absolute Gasteiger partial charge is 0.380 e. The molecule has 0 bridgehead atoms. The number of ether oxygens (including phenoxy) is 1. The van der Waals surface area contributed by atoms with Gasteiger partial charge in [-0.2, -0.15) is 0 Å². The SMILES string of the molecule is CC(C)(C)COCC(C)(C)C.[K]. The molecule has 12 heavy (non-hydrogen) atoms. The molecule has 0 heterocycles. The Morgan fingerprint density at radius 1 is 0.750 bits per heavy atom. The molecule has 0 fully saturated rings. The van der Waals surface area contributed by atoms with E-state index in [0.29, 0.717) is 10.8 Å². The van der Waals surface area contributed by atoms with Gasteiger partial charge in [-0.25, -0.2) is 0 Å². The van der Waals surface area contributed by atoms with Gasteiger partial charge in [0.15, 0.2) is 0 Å². The van der Waals surface area contributed by atoms with E-state index in [0.717, 1.165) is 13.2 Å². The Labute approximate surface area is 120 Å². The number of hydrogen-bond acceptors (Lipinski definition) is 1. The van der Waals surface area contributed by atoms with Gasteiger partial charge < -0.3 is 4.74 Å². The molecule has 0 aromatic rings. The van der Waals surface area contributed by atoms with E-state index < -0.39 is 0 Å². The van der Waals surface area contributed by atoms with E-state index in [1.807, 2.05) is 0 Å². The molecule has 1 radical (unpaired) electrons. The van der Waals surface area contributed by atoms with Crippen LogP contribution in [0, 0.1) is 10.8 Å². The predicted octanol–water partition coefficient (Wildman–Crippen LogP) is 2.71. The van der Waals surface area contributed by atoms with Crippen molar-refractivity contribution in [2.75, 3.05) is 13.2 Å². The van der Waals surface area contributed by atoms with Crippen molar-refractivity contribution >= 4 is 51.4 Å². The zero-order valence-corrected chi connectivity index (χ0v) is 12.9. The van der Waals surface area contributed by atoms with Gasteiger partial charge in [-0.1, -0.05) is 41.5 Å². The molecule has 0 amide bonds. The maximum Gasteiger partial charge on any atom is 0.0514 e. The Morgan fingerprint density at radius 3 is 1.17 bits per heavy atom. The monoisotopic (exact) mass is 197 g/mol. The molecule has 0 atom stereocenters. The van der Waals surface area contributed by atoms with Crippen LogP contribution in [0.3, 0.4) is 0 Å². The van der Waals surface area contributed by atoms with Gasteiger partial charge in [0.2, 0.25) is 0 Å². The smallest absolute Gasteiger partial charge is 0.0514 e. The summed E-state index contributed by atoms with van der Waals surface area (Å²) in [5, 5.41) is 0. The van der Waals surface area contributed by atoms with E-state index in [-0.39, 0.29) is 51.4 Å². The van der Waals surface area contributed by atoms with Crippen LogP contribution in [0.1, 0.15) is 41.5 Å². The first-order valence-corrected chi connectivity index (χ1v) is 4.28. The minimum Gasteiger partial charge on any atom is -0.380 e. The quantitative estimate of drug-likeness (QED) is 0.619. The van der Waals surface area contributed by atoms with Crippen molar-refractivity contribution < 1.29 is 4.74 Å². The molecule has 0 rings (SSSR count). The molecule has 0 aliphatic carbocycles. The minimum atomic E-state index is 0. The molecule has 0 aliphatic heterocycles. The van der Waals surface area contributed by atoms with Gasteiger partial charge in [0.05, 0.1) is 13.2 Å². The van der Waals surface area contributed by atoms with Crippen LogP contribution in [-0.4, -0.2) is 64.6 Å². The van der Waals surface area contributed by atoms with E-state index in [1.165, 1.54) is 0 Å². The van der Waals surface area contributed by atoms with Crippen LogP contribution in [0.15, 0.2) is 0 Å². The van der Waals surface area contributed by atoms with Gasteiger partial charge in [-0.05, 0) is 10.8 Å². The topological polar surface area (TPSA) is 9.23 Å². The van der Waals surface area contributed by atoms with Gasteiger partial charge in [-0.3, -0.25) is 0 Å². The van der Waals surface area contributed by atoms with Gasteiger partial charge in [0, 0.05) is 51.4 Å². The third-order valence-corrected chi connectivity index (χ3v) is 1.07. The molecule has 0 aromatic carbocycles. The molecule has 0 saturated heterocycles. The molecular formula is C10H22KO. The maximum absolute atomic E-state index is 5.56. The van der Waals surface area contributed by atoms with Crippen LogP contribution in [0.4, 0.5) is 0 Å². The fourth-order valence-electron chi connectivity index (χ4n) is 0.663. The normalized spacial score (nSPS) is 12.5. The van der Waals surface area contributed by atoms with Gasteiger partial charge in [0.1, 0.15) is 0 Å². The fourth-order valence-corrected chi connectivity index (χ4v) is 0.663. The van der Waals surface area contributed by atoms with Crippen molar-refractivity contribution in [1.82, 2.24) is 0 Å². The second kappa shape index (κ2) is 6.15. The first-order valence-electron chi connectivity index (χ1n) is 4.28. The second-order valence-corrected chi connectivity index (χ2v) is 5.61. The number of hydrogen-bond donors (Lipinski definition) is 0. The molecule has 69 valence electrons. The van der Waals surface area contributed by atoms with Crippen LogP contribution in [0.2, 0.25) is 0 Å². The predicted molar refractivity (Wildman–Crippen MR) is 55.5 cm³/mol. The van der Waals surface area contributed by atoms with E-state index in [1.54, 1.807) is 0 Å². The molecule has 0 aliphatic rings. The summed E-state index contributed by atoms with van der Waals surface area (Å²) in [5.74, 6) is 0. The number of rotatable bonds is 2. The maximum atomic E-state index is 5.56. The summed E-state index contributed by atoms with van der Waals surface area (Å²) in [6.45, 7) is 14.8. The summed E-state index contributed by atoms with van der Waals surface area (Å²) in [7, 11) is 0. The van der Waals surface area contributed by atoms with Crippen LogP contribution < -0.4 is 0 Å². The fraction of sp³-hybridized carbons (Fsp3) is 1.00. The van der Waals surface area contributed by atoms with Gasteiger partial charge in [-0.15, -0.1) is 0 Å². The molecule has 0 aromatic heterocycles. The van der Waals surface area contributed by atoms with Crippen molar-refractivity contribution in [3.8, 4) is 0 Å². The van der Waals surface area contributed by atoms with E-state index in [4.69, 9.17) is 4.74 Å². The van der Waals surface area contributed by atoms with E-state index in [9.17, 15) is 0 Å².